The molecule has 0 aliphatic rings. The smallest absolute Gasteiger partial charge is 0.132 e. The van der Waals surface area contributed by atoms with Crippen LogP contribution in [-0.4, -0.2) is 5.78 Å². The minimum absolute atomic E-state index is 0.104. The zero-order valence-corrected chi connectivity index (χ0v) is 9.73. The minimum Gasteiger partial charge on any atom is -0.300 e. The van der Waals surface area contributed by atoms with Crippen LogP contribution in [0.1, 0.15) is 30.5 Å². The van der Waals surface area contributed by atoms with Gasteiger partial charge in [-0.25, -0.2) is 4.39 Å². The van der Waals surface area contributed by atoms with Crippen LogP contribution in [0.5, 0.6) is 0 Å². The number of aryl methyl sites for hydroxylation is 2. The van der Waals surface area contributed by atoms with Crippen molar-refractivity contribution in [3.63, 3.8) is 0 Å². The van der Waals surface area contributed by atoms with Gasteiger partial charge in [0.2, 0.25) is 0 Å². The number of Topliss-reactive ketones (excluding diaryl/α,β-unsaturated/α-hetero) is 1. The van der Waals surface area contributed by atoms with Gasteiger partial charge in [0.05, 0.1) is 0 Å². The van der Waals surface area contributed by atoms with Crippen LogP contribution in [0.2, 0.25) is 0 Å². The van der Waals surface area contributed by atoms with E-state index in [1.165, 1.54) is 6.07 Å². The van der Waals surface area contributed by atoms with Crippen LogP contribution in [0.3, 0.4) is 0 Å². The molecule has 1 aromatic carbocycles. The summed E-state index contributed by atoms with van der Waals surface area (Å²) >= 11 is 0. The van der Waals surface area contributed by atoms with Gasteiger partial charge in [0, 0.05) is 5.92 Å². The highest BCUT2D eigenvalue weighted by Gasteiger charge is 2.12. The van der Waals surface area contributed by atoms with Gasteiger partial charge in [0.15, 0.2) is 0 Å². The van der Waals surface area contributed by atoms with Crippen molar-refractivity contribution in [1.82, 2.24) is 0 Å². The predicted molar refractivity (Wildman–Crippen MR) is 59.4 cm³/mol. The van der Waals surface area contributed by atoms with Gasteiger partial charge in [0.25, 0.3) is 0 Å². The van der Waals surface area contributed by atoms with E-state index in [4.69, 9.17) is 0 Å². The van der Waals surface area contributed by atoms with Crippen molar-refractivity contribution in [3.8, 4) is 0 Å². The fourth-order valence-corrected chi connectivity index (χ4v) is 1.47. The summed E-state index contributed by atoms with van der Waals surface area (Å²) in [7, 11) is 0. The maximum atomic E-state index is 13.5. The van der Waals surface area contributed by atoms with Crippen molar-refractivity contribution >= 4 is 5.78 Å². The number of halogens is 1. The average molecular weight is 207 g/mol. The summed E-state index contributed by atoms with van der Waals surface area (Å²) in [5.74, 6) is -0.208. The maximum Gasteiger partial charge on any atom is 0.132 e. The molecular weight excluding hydrogens is 190 g/mol. The zero-order chi connectivity index (χ0) is 11.6. The molecule has 1 aromatic rings. The van der Waals surface area contributed by atoms with Crippen molar-refractivity contribution in [2.45, 2.75) is 34.1 Å². The lowest BCUT2D eigenvalue weighted by Gasteiger charge is -2.10. The first kappa shape index (κ1) is 11.9. The van der Waals surface area contributed by atoms with Crippen LogP contribution < -0.4 is 0 Å². The largest absolute Gasteiger partial charge is 0.300 e. The van der Waals surface area contributed by atoms with E-state index in [9.17, 15) is 9.18 Å². The molecule has 0 N–H and O–H groups in total. The summed E-state index contributed by atoms with van der Waals surface area (Å²) in [5.41, 5.74) is 2.66. The first-order valence-corrected chi connectivity index (χ1v) is 5.18. The van der Waals surface area contributed by atoms with Crippen molar-refractivity contribution in [2.24, 2.45) is 5.92 Å². The van der Waals surface area contributed by atoms with E-state index < -0.39 is 0 Å². The van der Waals surface area contributed by atoms with E-state index in [-0.39, 0.29) is 17.5 Å². The van der Waals surface area contributed by atoms with Crippen molar-refractivity contribution in [3.05, 3.63) is 34.6 Å². The van der Waals surface area contributed by atoms with Gasteiger partial charge in [-0.2, -0.15) is 0 Å². The normalized spacial score (nSPS) is 12.6. The summed E-state index contributed by atoms with van der Waals surface area (Å²) in [5, 5.41) is 0. The quantitative estimate of drug-likeness (QED) is 0.743. The number of hydrogen-bond acceptors (Lipinski definition) is 1. The lowest BCUT2D eigenvalue weighted by atomic mass is 9.95. The molecule has 0 aliphatic heterocycles. The fraction of sp³-hybridized carbons (Fsp3) is 0.462. The lowest BCUT2D eigenvalue weighted by molar-refractivity contribution is -0.120. The summed E-state index contributed by atoms with van der Waals surface area (Å²) in [6, 6.07) is 3.38. The Balaban J connectivity index is 2.95. The summed E-state index contributed by atoms with van der Waals surface area (Å²) in [4.78, 5) is 11.1. The highest BCUT2D eigenvalue weighted by molar-refractivity contribution is 5.78. The molecule has 1 unspecified atom stereocenters. The van der Waals surface area contributed by atoms with Gasteiger partial charge >= 0.3 is 0 Å². The molecule has 0 radical (unpaired) electrons. The molecule has 0 aliphatic carbocycles. The topological polar surface area (TPSA) is 17.1 Å². The molecule has 1 nitrogen and oxygen atoms in total. The molecule has 0 bridgehead atoms. The fourth-order valence-electron chi connectivity index (χ4n) is 1.47. The number of rotatable bonds is 3. The Morgan fingerprint density at radius 2 is 1.87 bits per heavy atom. The standard InChI is InChI=1S/C13H17FO/c1-8-5-12(6-10(3)11(4)15)13(14)7-9(8)2/h5,7,10H,6H2,1-4H3/i14-1. The highest BCUT2D eigenvalue weighted by atomic mass is 18.2. The number of benzene rings is 1. The van der Waals surface area contributed by atoms with Crippen molar-refractivity contribution < 1.29 is 9.18 Å². The molecule has 0 saturated carbocycles. The Kier molecular flexibility index (Phi) is 3.61. The van der Waals surface area contributed by atoms with Crippen LogP contribution in [-0.2, 0) is 11.2 Å². The number of ketones is 1. The molecule has 15 heavy (non-hydrogen) atoms. The van der Waals surface area contributed by atoms with Gasteiger partial charge in [-0.15, -0.1) is 0 Å². The van der Waals surface area contributed by atoms with E-state index in [0.29, 0.717) is 12.0 Å². The van der Waals surface area contributed by atoms with Gasteiger partial charge in [-0.05, 0) is 49.9 Å². The van der Waals surface area contributed by atoms with Crippen LogP contribution in [0.25, 0.3) is 0 Å². The molecule has 0 saturated heterocycles. The van der Waals surface area contributed by atoms with E-state index in [1.54, 1.807) is 6.92 Å². The van der Waals surface area contributed by atoms with Crippen LogP contribution >= 0.6 is 0 Å². The Labute approximate surface area is 90.3 Å². The van der Waals surface area contributed by atoms with E-state index in [1.807, 2.05) is 26.8 Å². The van der Waals surface area contributed by atoms with E-state index in [0.717, 1.165) is 11.1 Å². The monoisotopic (exact) mass is 207 g/mol. The van der Waals surface area contributed by atoms with Crippen molar-refractivity contribution in [1.29, 1.82) is 0 Å². The first-order chi connectivity index (χ1) is 6.91. The molecule has 0 spiro atoms. The molecule has 2 heteroatoms. The van der Waals surface area contributed by atoms with Gasteiger partial charge < -0.3 is 0 Å². The van der Waals surface area contributed by atoms with Crippen LogP contribution in [0.15, 0.2) is 12.1 Å². The molecule has 1 rings (SSSR count). The van der Waals surface area contributed by atoms with Gasteiger partial charge in [0.1, 0.15) is 11.6 Å². The summed E-state index contributed by atoms with van der Waals surface area (Å²) in [6.45, 7) is 7.22. The third-order valence-electron chi connectivity index (χ3n) is 2.88. The SMILES string of the molecule is CC(=O)C(C)Cc1cc(C)c(C)cc1[18F]. The molecule has 1 atom stereocenters. The second-order valence-corrected chi connectivity index (χ2v) is 4.24. The Bertz CT molecular complexity index is 382. The summed E-state index contributed by atoms with van der Waals surface area (Å²) in [6.07, 6.45) is 0.488. The third kappa shape index (κ3) is 2.88. The molecule has 0 aromatic heterocycles. The number of carbonyl (C=O) groups excluding carboxylic acids is 1. The molecule has 0 amide bonds. The second-order valence-electron chi connectivity index (χ2n) is 4.24. The highest BCUT2D eigenvalue weighted by Crippen LogP contribution is 2.18. The molecular formula is C13H17FO. The predicted octanol–water partition coefficient (Wildman–Crippen LogP) is 3.21. The molecule has 0 fully saturated rings. The van der Waals surface area contributed by atoms with E-state index in [2.05, 4.69) is 0 Å². The van der Waals surface area contributed by atoms with Crippen LogP contribution in [0, 0.1) is 25.6 Å². The van der Waals surface area contributed by atoms with Crippen molar-refractivity contribution in [2.75, 3.05) is 0 Å². The Morgan fingerprint density at radius 1 is 1.33 bits per heavy atom. The van der Waals surface area contributed by atoms with Crippen LogP contribution in [0.4, 0.5) is 4.39 Å². The zero-order valence-electron chi connectivity index (χ0n) is 9.73. The van der Waals surface area contributed by atoms with Gasteiger partial charge in [-0.3, -0.25) is 4.79 Å². The third-order valence-corrected chi connectivity index (χ3v) is 2.88. The number of hydrogen-bond donors (Lipinski definition) is 0. The number of carbonyl (C=O) groups is 1. The van der Waals surface area contributed by atoms with Gasteiger partial charge in [-0.1, -0.05) is 13.0 Å². The Hall–Kier alpha value is -1.18. The van der Waals surface area contributed by atoms with E-state index >= 15 is 0 Å². The maximum absolute atomic E-state index is 13.5. The average Bonchev–Trinajstić information content (AvgIpc) is 2.13. The molecule has 0 heterocycles. The minimum atomic E-state index is -0.203. The summed E-state index contributed by atoms with van der Waals surface area (Å²) < 4.78 is 13.5. The first-order valence-electron chi connectivity index (χ1n) is 5.18. The molecule has 82 valence electrons. The Morgan fingerprint density at radius 3 is 2.40 bits per heavy atom. The second kappa shape index (κ2) is 4.56. The lowest BCUT2D eigenvalue weighted by Crippen LogP contribution is -2.11.